The average molecular weight is 446 g/mol. The van der Waals surface area contributed by atoms with E-state index in [0.29, 0.717) is 36.4 Å². The number of hydrogen-bond acceptors (Lipinski definition) is 2. The molecule has 3 aromatic rings. The lowest BCUT2D eigenvalue weighted by atomic mass is 9.95. The molecular formula is C27H28FN3O2. The summed E-state index contributed by atoms with van der Waals surface area (Å²) in [5.74, 6) is -0.634. The van der Waals surface area contributed by atoms with Crippen molar-refractivity contribution in [2.45, 2.75) is 32.2 Å². The van der Waals surface area contributed by atoms with Gasteiger partial charge in [-0.25, -0.2) is 9.18 Å². The molecule has 0 radical (unpaired) electrons. The summed E-state index contributed by atoms with van der Waals surface area (Å²) in [6.45, 7) is 3.37. The molecule has 0 unspecified atom stereocenters. The molecule has 170 valence electrons. The number of carbonyl (C=O) groups is 2. The second-order valence-electron chi connectivity index (χ2n) is 8.21. The first-order valence-electron chi connectivity index (χ1n) is 11.3. The van der Waals surface area contributed by atoms with Crippen molar-refractivity contribution in [1.82, 2.24) is 4.90 Å². The Morgan fingerprint density at radius 1 is 1.00 bits per heavy atom. The number of anilines is 2. The second kappa shape index (κ2) is 10.3. The van der Waals surface area contributed by atoms with Gasteiger partial charge in [0, 0.05) is 30.0 Å². The number of urea groups is 1. The average Bonchev–Trinajstić information content (AvgIpc) is 2.83. The van der Waals surface area contributed by atoms with Gasteiger partial charge in [-0.1, -0.05) is 61.5 Å². The summed E-state index contributed by atoms with van der Waals surface area (Å²) in [7, 11) is 0. The summed E-state index contributed by atoms with van der Waals surface area (Å²) in [5.41, 5.74) is 2.83. The normalized spacial score (nSPS) is 14.8. The number of carbonyl (C=O) groups excluding carboxylic acids is 2. The lowest BCUT2D eigenvalue weighted by molar-refractivity contribution is -0.117. The quantitative estimate of drug-likeness (QED) is 0.500. The first-order chi connectivity index (χ1) is 16.1. The number of rotatable bonds is 7. The highest BCUT2D eigenvalue weighted by molar-refractivity contribution is 5.97. The van der Waals surface area contributed by atoms with Crippen LogP contribution < -0.4 is 10.2 Å². The summed E-state index contributed by atoms with van der Waals surface area (Å²) >= 11 is 0. The fourth-order valence-electron chi connectivity index (χ4n) is 4.24. The molecule has 1 atom stereocenters. The Morgan fingerprint density at radius 3 is 2.52 bits per heavy atom. The number of halogens is 1. The van der Waals surface area contributed by atoms with Gasteiger partial charge >= 0.3 is 6.03 Å². The van der Waals surface area contributed by atoms with Crippen molar-refractivity contribution in [3.63, 3.8) is 0 Å². The Morgan fingerprint density at radius 2 is 1.76 bits per heavy atom. The standard InChI is InChI=1S/C27H28FN3O2/c1-2-24(20-10-4-3-5-11-20)26(32)29-22-13-8-14-23(18-22)31-17-9-16-30(27(31)33)19-21-12-6-7-15-25(21)28/h3-8,10-15,18,24H,2,9,16-17,19H2,1H3,(H,29,32)/t24-/m1/s1. The smallest absolute Gasteiger partial charge is 0.324 e. The molecule has 3 aromatic carbocycles. The van der Waals surface area contributed by atoms with Crippen LogP contribution in [0.1, 0.15) is 36.8 Å². The molecule has 0 aromatic heterocycles. The number of nitrogens with zero attached hydrogens (tertiary/aromatic N) is 2. The molecule has 6 heteroatoms. The highest BCUT2D eigenvalue weighted by atomic mass is 19.1. The van der Waals surface area contributed by atoms with Gasteiger partial charge in [0.1, 0.15) is 5.82 Å². The van der Waals surface area contributed by atoms with Crippen molar-refractivity contribution in [2.24, 2.45) is 0 Å². The molecule has 0 aliphatic carbocycles. The Bertz CT molecular complexity index is 1120. The van der Waals surface area contributed by atoms with E-state index >= 15 is 0 Å². The number of hydrogen-bond donors (Lipinski definition) is 1. The Balaban J connectivity index is 1.48. The first kappa shape index (κ1) is 22.5. The molecule has 3 amide bonds. The molecule has 4 rings (SSSR count). The van der Waals surface area contributed by atoms with Crippen molar-refractivity contribution >= 4 is 23.3 Å². The minimum atomic E-state index is -0.309. The molecule has 5 nitrogen and oxygen atoms in total. The zero-order valence-electron chi connectivity index (χ0n) is 18.7. The summed E-state index contributed by atoms with van der Waals surface area (Å²) < 4.78 is 14.1. The fraction of sp³-hybridized carbons (Fsp3) is 0.259. The Hall–Kier alpha value is -3.67. The summed E-state index contributed by atoms with van der Waals surface area (Å²) in [4.78, 5) is 29.5. The van der Waals surface area contributed by atoms with Gasteiger partial charge in [0.15, 0.2) is 0 Å². The van der Waals surface area contributed by atoms with Crippen LogP contribution in [-0.4, -0.2) is 29.9 Å². The van der Waals surface area contributed by atoms with E-state index in [4.69, 9.17) is 0 Å². The Labute approximate surface area is 193 Å². The molecule has 0 bridgehead atoms. The van der Waals surface area contributed by atoms with Gasteiger partial charge < -0.3 is 10.2 Å². The number of nitrogens with one attached hydrogen (secondary N) is 1. The third-order valence-corrected chi connectivity index (χ3v) is 5.98. The van der Waals surface area contributed by atoms with Crippen molar-refractivity contribution in [3.8, 4) is 0 Å². The maximum absolute atomic E-state index is 14.1. The first-order valence-corrected chi connectivity index (χ1v) is 11.3. The van der Waals surface area contributed by atoms with Gasteiger partial charge in [0.05, 0.1) is 12.5 Å². The molecule has 1 fully saturated rings. The maximum atomic E-state index is 14.1. The summed E-state index contributed by atoms with van der Waals surface area (Å²) in [5, 5.41) is 3.00. The zero-order chi connectivity index (χ0) is 23.2. The predicted molar refractivity (Wildman–Crippen MR) is 129 cm³/mol. The van der Waals surface area contributed by atoms with Crippen LogP contribution in [0.4, 0.5) is 20.6 Å². The van der Waals surface area contributed by atoms with Crippen LogP contribution >= 0.6 is 0 Å². The van der Waals surface area contributed by atoms with E-state index in [1.165, 1.54) is 6.07 Å². The Kier molecular flexibility index (Phi) is 7.03. The maximum Gasteiger partial charge on any atom is 0.324 e. The van der Waals surface area contributed by atoms with E-state index in [0.717, 1.165) is 12.0 Å². The molecular weight excluding hydrogens is 417 g/mol. The SMILES string of the molecule is CC[C@@H](C(=O)Nc1cccc(N2CCCN(Cc3ccccc3F)C2=O)c1)c1ccccc1. The van der Waals surface area contributed by atoms with Gasteiger partial charge in [-0.15, -0.1) is 0 Å². The van der Waals surface area contributed by atoms with Gasteiger partial charge in [-0.3, -0.25) is 9.69 Å². The number of amides is 3. The van der Waals surface area contributed by atoms with Crippen LogP contribution in [0.25, 0.3) is 0 Å². The third-order valence-electron chi connectivity index (χ3n) is 5.98. The summed E-state index contributed by atoms with van der Waals surface area (Å²) in [6, 6.07) is 23.4. The monoisotopic (exact) mass is 445 g/mol. The van der Waals surface area contributed by atoms with Gasteiger partial charge in [0.25, 0.3) is 0 Å². The fourth-order valence-corrected chi connectivity index (χ4v) is 4.24. The lowest BCUT2D eigenvalue weighted by Gasteiger charge is -2.36. The van der Waals surface area contributed by atoms with Gasteiger partial charge in [-0.05, 0) is 42.7 Å². The predicted octanol–water partition coefficient (Wildman–Crippen LogP) is 5.79. The number of benzene rings is 3. The van der Waals surface area contributed by atoms with Gasteiger partial charge in [0.2, 0.25) is 5.91 Å². The minimum absolute atomic E-state index is 0.0769. The van der Waals surface area contributed by atoms with E-state index in [2.05, 4.69) is 5.32 Å². The molecule has 1 saturated heterocycles. The van der Waals surface area contributed by atoms with Crippen molar-refractivity contribution < 1.29 is 14.0 Å². The van der Waals surface area contributed by atoms with Crippen molar-refractivity contribution in [3.05, 3.63) is 95.8 Å². The molecule has 1 aliphatic rings. The van der Waals surface area contributed by atoms with Crippen LogP contribution in [0.15, 0.2) is 78.9 Å². The van der Waals surface area contributed by atoms with Crippen LogP contribution in [0.3, 0.4) is 0 Å². The third kappa shape index (κ3) is 5.22. The topological polar surface area (TPSA) is 52.7 Å². The second-order valence-corrected chi connectivity index (χ2v) is 8.21. The minimum Gasteiger partial charge on any atom is -0.325 e. The van der Waals surface area contributed by atoms with Crippen molar-refractivity contribution in [2.75, 3.05) is 23.3 Å². The molecule has 33 heavy (non-hydrogen) atoms. The molecule has 0 spiro atoms. The van der Waals surface area contributed by atoms with Crippen LogP contribution in [0.2, 0.25) is 0 Å². The summed E-state index contributed by atoms with van der Waals surface area (Å²) in [6.07, 6.45) is 1.47. The van der Waals surface area contributed by atoms with Crippen LogP contribution in [0.5, 0.6) is 0 Å². The van der Waals surface area contributed by atoms with Crippen LogP contribution in [-0.2, 0) is 11.3 Å². The lowest BCUT2D eigenvalue weighted by Crippen LogP contribution is -2.49. The van der Waals surface area contributed by atoms with Crippen LogP contribution in [0, 0.1) is 5.82 Å². The molecule has 0 saturated carbocycles. The van der Waals surface area contributed by atoms with Gasteiger partial charge in [-0.2, -0.15) is 0 Å². The van der Waals surface area contributed by atoms with E-state index in [-0.39, 0.29) is 30.2 Å². The molecule has 1 heterocycles. The zero-order valence-corrected chi connectivity index (χ0v) is 18.7. The van der Waals surface area contributed by atoms with E-state index in [1.54, 1.807) is 28.0 Å². The van der Waals surface area contributed by atoms with E-state index < -0.39 is 0 Å². The van der Waals surface area contributed by atoms with Crippen molar-refractivity contribution in [1.29, 1.82) is 0 Å². The molecule has 1 aliphatic heterocycles. The van der Waals surface area contributed by atoms with E-state index in [1.807, 2.05) is 61.5 Å². The molecule has 1 N–H and O–H groups in total. The highest BCUT2D eigenvalue weighted by Crippen LogP contribution is 2.26. The van der Waals surface area contributed by atoms with E-state index in [9.17, 15) is 14.0 Å². The highest BCUT2D eigenvalue weighted by Gasteiger charge is 2.28. The largest absolute Gasteiger partial charge is 0.325 e.